The molecular weight excluding hydrogens is 365 g/mol. The van der Waals surface area contributed by atoms with Gasteiger partial charge in [-0.05, 0) is 30.0 Å². The first-order chi connectivity index (χ1) is 12.3. The predicted molar refractivity (Wildman–Crippen MR) is 94.9 cm³/mol. The fraction of sp³-hybridized carbons (Fsp3) is 0.353. The quantitative estimate of drug-likeness (QED) is 0.726. The number of benzene rings is 1. The standard InChI is InChI=1S/C17H17F3N4OS/c1-3-13-8-14(25)24-16(22-13)26-15(23-24)21-9-10(2)11-4-6-12(7-5-11)17(18,19)20/h4-8,10H,3,9H2,1-2H3,(H,21,23). The van der Waals surface area contributed by atoms with Gasteiger partial charge >= 0.3 is 6.18 Å². The average molecular weight is 382 g/mol. The number of anilines is 1. The maximum Gasteiger partial charge on any atom is 0.416 e. The lowest BCUT2D eigenvalue weighted by Gasteiger charge is -2.13. The maximum atomic E-state index is 12.6. The summed E-state index contributed by atoms with van der Waals surface area (Å²) in [6.45, 7) is 4.30. The number of alkyl halides is 3. The third-order valence-electron chi connectivity index (χ3n) is 4.03. The molecule has 138 valence electrons. The Morgan fingerprint density at radius 3 is 2.58 bits per heavy atom. The second-order valence-corrected chi connectivity index (χ2v) is 6.90. The molecule has 0 radical (unpaired) electrons. The highest BCUT2D eigenvalue weighted by Crippen LogP contribution is 2.30. The van der Waals surface area contributed by atoms with Gasteiger partial charge in [0.1, 0.15) is 0 Å². The van der Waals surface area contributed by atoms with Crippen LogP contribution in [0.25, 0.3) is 4.96 Å². The average Bonchev–Trinajstić information content (AvgIpc) is 3.02. The van der Waals surface area contributed by atoms with Crippen molar-refractivity contribution >= 4 is 21.4 Å². The molecule has 5 nitrogen and oxygen atoms in total. The van der Waals surface area contributed by atoms with Crippen LogP contribution in [-0.2, 0) is 12.6 Å². The van der Waals surface area contributed by atoms with E-state index < -0.39 is 11.7 Å². The second kappa shape index (κ2) is 7.06. The number of rotatable bonds is 5. The molecule has 0 aliphatic rings. The van der Waals surface area contributed by atoms with Crippen molar-refractivity contribution in [3.8, 4) is 0 Å². The maximum absolute atomic E-state index is 12.6. The van der Waals surface area contributed by atoms with E-state index in [1.165, 1.54) is 34.1 Å². The fourth-order valence-electron chi connectivity index (χ4n) is 2.47. The number of aromatic nitrogens is 3. The number of nitrogens with zero attached hydrogens (tertiary/aromatic N) is 3. The van der Waals surface area contributed by atoms with E-state index in [-0.39, 0.29) is 11.5 Å². The molecule has 3 rings (SSSR count). The summed E-state index contributed by atoms with van der Waals surface area (Å²) in [5.41, 5.74) is 0.607. The van der Waals surface area contributed by atoms with Gasteiger partial charge in [-0.15, -0.1) is 5.10 Å². The van der Waals surface area contributed by atoms with Crippen LogP contribution in [0.4, 0.5) is 18.3 Å². The van der Waals surface area contributed by atoms with Gasteiger partial charge in [0.2, 0.25) is 10.1 Å². The van der Waals surface area contributed by atoms with Crippen molar-refractivity contribution in [1.29, 1.82) is 0 Å². The lowest BCUT2D eigenvalue weighted by atomic mass is 10.00. The van der Waals surface area contributed by atoms with Crippen LogP contribution in [0.5, 0.6) is 0 Å². The van der Waals surface area contributed by atoms with Crippen LogP contribution in [0, 0.1) is 0 Å². The lowest BCUT2D eigenvalue weighted by Crippen LogP contribution is -2.16. The van der Waals surface area contributed by atoms with Crippen molar-refractivity contribution in [3.05, 3.63) is 57.5 Å². The molecule has 0 amide bonds. The molecule has 3 aromatic rings. The molecule has 26 heavy (non-hydrogen) atoms. The highest BCUT2D eigenvalue weighted by atomic mass is 32.1. The highest BCUT2D eigenvalue weighted by molar-refractivity contribution is 7.20. The molecule has 9 heteroatoms. The molecule has 2 aromatic heterocycles. The van der Waals surface area contributed by atoms with Gasteiger partial charge in [0.15, 0.2) is 0 Å². The molecular formula is C17H17F3N4OS. The molecule has 1 atom stereocenters. The van der Waals surface area contributed by atoms with E-state index in [0.717, 1.165) is 17.7 Å². The lowest BCUT2D eigenvalue weighted by molar-refractivity contribution is -0.137. The number of hydrogen-bond donors (Lipinski definition) is 1. The van der Waals surface area contributed by atoms with Crippen LogP contribution >= 0.6 is 11.3 Å². The summed E-state index contributed by atoms with van der Waals surface area (Å²) in [4.78, 5) is 16.9. The van der Waals surface area contributed by atoms with Crippen LogP contribution < -0.4 is 10.9 Å². The number of nitrogens with one attached hydrogen (secondary N) is 1. The van der Waals surface area contributed by atoms with E-state index in [2.05, 4.69) is 15.4 Å². The Hall–Kier alpha value is -2.42. The van der Waals surface area contributed by atoms with E-state index in [4.69, 9.17) is 0 Å². The van der Waals surface area contributed by atoms with Crippen LogP contribution in [0.3, 0.4) is 0 Å². The molecule has 1 N–H and O–H groups in total. The summed E-state index contributed by atoms with van der Waals surface area (Å²) in [5, 5.41) is 7.87. The van der Waals surface area contributed by atoms with Crippen molar-refractivity contribution in [1.82, 2.24) is 14.6 Å². The zero-order chi connectivity index (χ0) is 18.9. The molecule has 0 bridgehead atoms. The second-order valence-electron chi connectivity index (χ2n) is 5.94. The number of halogens is 3. The summed E-state index contributed by atoms with van der Waals surface area (Å²) in [7, 11) is 0. The van der Waals surface area contributed by atoms with Crippen molar-refractivity contribution in [3.63, 3.8) is 0 Å². The Kier molecular flexibility index (Phi) is 4.99. The van der Waals surface area contributed by atoms with Gasteiger partial charge in [0.25, 0.3) is 5.56 Å². The molecule has 0 fully saturated rings. The molecule has 2 heterocycles. The van der Waals surface area contributed by atoms with Gasteiger partial charge in [0.05, 0.1) is 5.56 Å². The molecule has 0 saturated heterocycles. The molecule has 0 saturated carbocycles. The third-order valence-corrected chi connectivity index (χ3v) is 4.89. The van der Waals surface area contributed by atoms with Gasteiger partial charge in [-0.2, -0.15) is 17.7 Å². The Morgan fingerprint density at radius 1 is 1.27 bits per heavy atom. The van der Waals surface area contributed by atoms with Gasteiger partial charge in [-0.25, -0.2) is 4.98 Å². The normalized spacial score (nSPS) is 13.1. The summed E-state index contributed by atoms with van der Waals surface area (Å²) >= 11 is 1.26. The zero-order valence-electron chi connectivity index (χ0n) is 14.2. The summed E-state index contributed by atoms with van der Waals surface area (Å²) in [5.74, 6) is -0.0276. The van der Waals surface area contributed by atoms with Gasteiger partial charge in [-0.1, -0.05) is 37.3 Å². The number of hydrogen-bond acceptors (Lipinski definition) is 5. The Balaban J connectivity index is 1.71. The Bertz CT molecular complexity index is 963. The predicted octanol–water partition coefficient (Wildman–Crippen LogP) is 3.95. The largest absolute Gasteiger partial charge is 0.416 e. The Morgan fingerprint density at radius 2 is 1.96 bits per heavy atom. The third kappa shape index (κ3) is 3.87. The minimum absolute atomic E-state index is 0.0276. The Labute approximate surface area is 151 Å². The smallest absolute Gasteiger partial charge is 0.359 e. The van der Waals surface area contributed by atoms with Gasteiger partial charge in [0, 0.05) is 18.3 Å². The van der Waals surface area contributed by atoms with E-state index in [1.54, 1.807) is 0 Å². The van der Waals surface area contributed by atoms with Crippen molar-refractivity contribution in [2.45, 2.75) is 32.4 Å². The van der Waals surface area contributed by atoms with Crippen LogP contribution in [-0.4, -0.2) is 21.1 Å². The van der Waals surface area contributed by atoms with Crippen molar-refractivity contribution in [2.24, 2.45) is 0 Å². The van der Waals surface area contributed by atoms with Gasteiger partial charge < -0.3 is 5.32 Å². The minimum Gasteiger partial charge on any atom is -0.359 e. The van der Waals surface area contributed by atoms with Crippen molar-refractivity contribution in [2.75, 3.05) is 11.9 Å². The van der Waals surface area contributed by atoms with E-state index in [0.29, 0.717) is 28.8 Å². The summed E-state index contributed by atoms with van der Waals surface area (Å²) in [6.07, 6.45) is -3.67. The van der Waals surface area contributed by atoms with Crippen LogP contribution in [0.2, 0.25) is 0 Å². The van der Waals surface area contributed by atoms with E-state index in [9.17, 15) is 18.0 Å². The molecule has 1 aromatic carbocycles. The summed E-state index contributed by atoms with van der Waals surface area (Å²) in [6, 6.07) is 6.58. The van der Waals surface area contributed by atoms with E-state index >= 15 is 0 Å². The van der Waals surface area contributed by atoms with Crippen LogP contribution in [0.15, 0.2) is 35.1 Å². The molecule has 0 aliphatic carbocycles. The fourth-order valence-corrected chi connectivity index (χ4v) is 3.30. The van der Waals surface area contributed by atoms with Crippen molar-refractivity contribution < 1.29 is 13.2 Å². The SMILES string of the molecule is CCc1cc(=O)n2nc(NCC(C)c3ccc(C(F)(F)F)cc3)sc2n1. The minimum atomic E-state index is -4.33. The zero-order valence-corrected chi connectivity index (χ0v) is 15.0. The molecule has 1 unspecified atom stereocenters. The van der Waals surface area contributed by atoms with Gasteiger partial charge in [-0.3, -0.25) is 4.79 Å². The monoisotopic (exact) mass is 382 g/mol. The first-order valence-corrected chi connectivity index (χ1v) is 8.90. The van der Waals surface area contributed by atoms with E-state index in [1.807, 2.05) is 13.8 Å². The summed E-state index contributed by atoms with van der Waals surface area (Å²) < 4.78 is 39.1. The first-order valence-electron chi connectivity index (χ1n) is 8.08. The topological polar surface area (TPSA) is 59.3 Å². The molecule has 0 spiro atoms. The van der Waals surface area contributed by atoms with Crippen LogP contribution in [0.1, 0.15) is 36.6 Å². The number of aryl methyl sites for hydroxylation is 1. The first kappa shape index (κ1) is 18.4. The molecule has 0 aliphatic heterocycles. The highest BCUT2D eigenvalue weighted by Gasteiger charge is 2.30. The number of fused-ring (bicyclic) bond motifs is 1.